The van der Waals surface area contributed by atoms with Crippen LogP contribution in [0.1, 0.15) is 146 Å². The number of allylic oxidation sites excluding steroid dienone is 3. The first-order chi connectivity index (χ1) is 24.2. The van der Waals surface area contributed by atoms with Crippen LogP contribution in [-0.4, -0.2) is 40.2 Å². The molecule has 2 aromatic heterocycles. The Morgan fingerprint density at radius 3 is 2.30 bits per heavy atom. The third-order valence-electron chi connectivity index (χ3n) is 12.4. The molecule has 4 fully saturated rings. The summed E-state index contributed by atoms with van der Waals surface area (Å²) in [5.41, 5.74) is 10.7. The maximum absolute atomic E-state index is 5.03. The second-order valence-corrected chi connectivity index (χ2v) is 16.7. The number of pyridine rings is 2. The van der Waals surface area contributed by atoms with Crippen LogP contribution in [0.2, 0.25) is 0 Å². The van der Waals surface area contributed by atoms with E-state index < -0.39 is 0 Å². The molecule has 7 rings (SSSR count). The lowest BCUT2D eigenvalue weighted by molar-refractivity contribution is 0.0385. The lowest BCUT2D eigenvalue weighted by Gasteiger charge is -2.50. The topological polar surface area (TPSA) is 44.6 Å². The third kappa shape index (κ3) is 8.98. The molecule has 1 saturated heterocycles. The van der Waals surface area contributed by atoms with Gasteiger partial charge in [0, 0.05) is 77.6 Å². The lowest BCUT2D eigenvalue weighted by atomic mass is 9.78. The van der Waals surface area contributed by atoms with Gasteiger partial charge in [-0.15, -0.1) is 0 Å². The van der Waals surface area contributed by atoms with Gasteiger partial charge in [-0.3, -0.25) is 9.98 Å². The minimum Gasteiger partial charge on any atom is -0.374 e. The molecule has 3 saturated carbocycles. The Labute approximate surface area is 304 Å². The van der Waals surface area contributed by atoms with Crippen LogP contribution >= 0.6 is 0 Å². The maximum Gasteiger partial charge on any atom is 0.133 e. The summed E-state index contributed by atoms with van der Waals surface area (Å²) in [6.07, 6.45) is 23.2. The molecule has 2 aliphatic heterocycles. The van der Waals surface area contributed by atoms with Crippen LogP contribution < -0.4 is 4.90 Å². The zero-order chi connectivity index (χ0) is 35.3. The van der Waals surface area contributed by atoms with Crippen molar-refractivity contribution in [3.05, 3.63) is 83.6 Å². The number of aromatic nitrogens is 2. The number of likely N-dealkylation sites (tertiary alicyclic amines) is 1. The third-order valence-corrected chi connectivity index (χ3v) is 12.4. The zero-order valence-corrected chi connectivity index (χ0v) is 32.2. The lowest BCUT2D eigenvalue weighted by Crippen LogP contribution is -2.53. The molecule has 5 heteroatoms. The molecule has 5 aliphatic rings. The van der Waals surface area contributed by atoms with E-state index in [9.17, 15) is 0 Å². The molecule has 270 valence electrons. The Bertz CT molecular complexity index is 1540. The van der Waals surface area contributed by atoms with Crippen molar-refractivity contribution in [3.63, 3.8) is 0 Å². The van der Waals surface area contributed by atoms with Gasteiger partial charge in [0.15, 0.2) is 0 Å². The second kappa shape index (κ2) is 16.4. The zero-order valence-electron chi connectivity index (χ0n) is 32.2. The predicted molar refractivity (Wildman–Crippen MR) is 213 cm³/mol. The summed E-state index contributed by atoms with van der Waals surface area (Å²) in [6.45, 7) is 23.2. The van der Waals surface area contributed by atoms with Gasteiger partial charge >= 0.3 is 0 Å². The monoisotopic (exact) mass is 676 g/mol. The minimum atomic E-state index is 0.579. The number of hydrogen-bond acceptors (Lipinski definition) is 5. The number of hydrogen-bond donors (Lipinski definition) is 0. The normalized spacial score (nSPS) is 23.3. The Balaban J connectivity index is 0.000000336. The van der Waals surface area contributed by atoms with Crippen molar-refractivity contribution in [2.24, 2.45) is 28.2 Å². The highest BCUT2D eigenvalue weighted by molar-refractivity contribution is 5.98. The average molecular weight is 676 g/mol. The number of rotatable bonds is 12. The van der Waals surface area contributed by atoms with Gasteiger partial charge in [-0.05, 0) is 120 Å². The first-order valence-electron chi connectivity index (χ1n) is 20.2. The Morgan fingerprint density at radius 1 is 0.940 bits per heavy atom. The van der Waals surface area contributed by atoms with Crippen molar-refractivity contribution in [2.45, 2.75) is 137 Å². The van der Waals surface area contributed by atoms with E-state index in [-0.39, 0.29) is 0 Å². The van der Waals surface area contributed by atoms with E-state index in [4.69, 9.17) is 21.5 Å². The molecule has 0 bridgehead atoms. The standard InChI is InChI=1S/C35H46N4.C10H19N/c1-4-27-16-17-32(37-24(27)2)29-12-10-26(11-13-29)23-39(25(3)28-8-6-5-7-9-28)35-22-31(20-21-36-35)34-19-18-33(38-34)30-14-15-30;1-5-6-10(4)7-11(8-10)9(2)3/h16-17,19-22,26,28-30H,3-15,18,23H2,1-2H3;2,5-8H2,1,3-4H3. The molecule has 5 nitrogen and oxygen atoms in total. The van der Waals surface area contributed by atoms with Crippen LogP contribution in [0, 0.1) is 30.1 Å². The summed E-state index contributed by atoms with van der Waals surface area (Å²) in [5, 5.41) is 0. The van der Waals surface area contributed by atoms with E-state index in [1.54, 1.807) is 0 Å². The number of aliphatic imine (C=N–C) groups is 1. The number of aryl methyl sites for hydroxylation is 2. The van der Waals surface area contributed by atoms with E-state index in [0.717, 1.165) is 36.8 Å². The smallest absolute Gasteiger partial charge is 0.133 e. The van der Waals surface area contributed by atoms with Crippen LogP contribution in [0.5, 0.6) is 0 Å². The molecule has 2 aromatic rings. The van der Waals surface area contributed by atoms with Crippen LogP contribution in [0.15, 0.2) is 66.1 Å². The highest BCUT2D eigenvalue weighted by Crippen LogP contribution is 2.40. The van der Waals surface area contributed by atoms with E-state index in [2.05, 4.69) is 81.3 Å². The average Bonchev–Trinajstić information content (AvgIpc) is 3.86. The van der Waals surface area contributed by atoms with Crippen LogP contribution in [0.3, 0.4) is 0 Å². The fraction of sp³-hybridized carbons (Fsp3) is 0.622. The Morgan fingerprint density at radius 2 is 1.66 bits per heavy atom. The molecule has 0 N–H and O–H groups in total. The summed E-state index contributed by atoms with van der Waals surface area (Å²) >= 11 is 0. The van der Waals surface area contributed by atoms with Gasteiger partial charge < -0.3 is 9.80 Å². The number of nitrogens with zero attached hydrogens (tertiary/aromatic N) is 5. The Hall–Kier alpha value is -3.21. The van der Waals surface area contributed by atoms with Crippen molar-refractivity contribution in [3.8, 4) is 0 Å². The molecule has 4 heterocycles. The molecule has 0 aromatic carbocycles. The highest BCUT2D eigenvalue weighted by atomic mass is 15.2. The molecule has 0 unspecified atom stereocenters. The summed E-state index contributed by atoms with van der Waals surface area (Å²) in [6, 6.07) is 9.01. The van der Waals surface area contributed by atoms with Gasteiger partial charge in [0.1, 0.15) is 5.82 Å². The Kier molecular flexibility index (Phi) is 12.0. The van der Waals surface area contributed by atoms with Crippen LogP contribution in [0.4, 0.5) is 5.82 Å². The van der Waals surface area contributed by atoms with Gasteiger partial charge in [-0.2, -0.15) is 0 Å². The van der Waals surface area contributed by atoms with Gasteiger partial charge in [0.05, 0.1) is 5.70 Å². The molecule has 50 heavy (non-hydrogen) atoms. The van der Waals surface area contributed by atoms with Crippen LogP contribution in [0.25, 0.3) is 5.70 Å². The summed E-state index contributed by atoms with van der Waals surface area (Å²) in [4.78, 5) is 19.8. The molecule has 3 aliphatic carbocycles. The fourth-order valence-electron chi connectivity index (χ4n) is 9.06. The molecule has 0 amide bonds. The van der Waals surface area contributed by atoms with Crippen LogP contribution in [-0.2, 0) is 6.42 Å². The first-order valence-corrected chi connectivity index (χ1v) is 20.2. The van der Waals surface area contributed by atoms with Gasteiger partial charge in [0.25, 0.3) is 0 Å². The number of anilines is 1. The van der Waals surface area contributed by atoms with Gasteiger partial charge in [-0.25, -0.2) is 4.98 Å². The van der Waals surface area contributed by atoms with E-state index >= 15 is 0 Å². The SMILES string of the molecule is C=C(C)N1CC(C)(CCC)C1.C=C(C1CCCCC1)N(CC1CCC(c2ccc(CC)c(C)n2)CC1)c1cc(C2=CCC(C3CC3)=N2)ccn1. The molecule has 0 atom stereocenters. The fourth-order valence-corrected chi connectivity index (χ4v) is 9.06. The van der Waals surface area contributed by atoms with Crippen molar-refractivity contribution in [1.29, 1.82) is 0 Å². The molecular formula is C45H65N5. The van der Waals surface area contributed by atoms with E-state index in [1.165, 1.54) is 136 Å². The maximum atomic E-state index is 5.03. The molecular weight excluding hydrogens is 611 g/mol. The minimum absolute atomic E-state index is 0.579. The molecule has 0 spiro atoms. The van der Waals surface area contributed by atoms with E-state index in [1.807, 2.05) is 6.20 Å². The summed E-state index contributed by atoms with van der Waals surface area (Å²) in [5.74, 6) is 3.63. The van der Waals surface area contributed by atoms with Crippen molar-refractivity contribution in [2.75, 3.05) is 24.5 Å². The summed E-state index contributed by atoms with van der Waals surface area (Å²) in [7, 11) is 0. The predicted octanol–water partition coefficient (Wildman–Crippen LogP) is 11.5. The second-order valence-electron chi connectivity index (χ2n) is 16.7. The first kappa shape index (κ1) is 36.6. The van der Waals surface area contributed by atoms with Crippen molar-refractivity contribution in [1.82, 2.24) is 14.9 Å². The van der Waals surface area contributed by atoms with Crippen molar-refractivity contribution < 1.29 is 0 Å². The quantitative estimate of drug-likeness (QED) is 0.225. The highest BCUT2D eigenvalue weighted by Gasteiger charge is 2.37. The summed E-state index contributed by atoms with van der Waals surface area (Å²) < 4.78 is 0. The largest absolute Gasteiger partial charge is 0.374 e. The van der Waals surface area contributed by atoms with Crippen molar-refractivity contribution >= 4 is 17.2 Å². The molecule has 0 radical (unpaired) electrons. The van der Waals surface area contributed by atoms with E-state index in [0.29, 0.717) is 23.2 Å². The van der Waals surface area contributed by atoms with Gasteiger partial charge in [-0.1, -0.05) is 71.8 Å². The van der Waals surface area contributed by atoms with Gasteiger partial charge in [0.2, 0.25) is 0 Å².